The lowest BCUT2D eigenvalue weighted by atomic mass is 9.83. The standard InChI is InChI=1S/C19H15BrN2O6/c1-24-12-4-8(3-11(20)17(12)25-2)14-9-5-13-18(27-7-26-13)15(23)16(9)28-19(22)10(14)6-21/h3-5,14,23H,7,22H2,1-2H3. The SMILES string of the molecule is COc1cc(C2C(C#N)=C(N)Oc3c2cc2c(c3O)OCO2)cc(Br)c1OC. The van der Waals surface area contributed by atoms with Gasteiger partial charge in [-0.2, -0.15) is 5.26 Å². The van der Waals surface area contributed by atoms with E-state index in [2.05, 4.69) is 22.0 Å². The first-order chi connectivity index (χ1) is 13.5. The van der Waals surface area contributed by atoms with Crippen LogP contribution in [0.25, 0.3) is 0 Å². The van der Waals surface area contributed by atoms with Gasteiger partial charge in [-0.05, 0) is 39.7 Å². The maximum absolute atomic E-state index is 10.6. The van der Waals surface area contributed by atoms with Gasteiger partial charge in [0.05, 0.1) is 24.6 Å². The number of hydrogen-bond acceptors (Lipinski definition) is 8. The van der Waals surface area contributed by atoms with Crippen molar-refractivity contribution in [2.75, 3.05) is 21.0 Å². The molecule has 2 aliphatic heterocycles. The summed E-state index contributed by atoms with van der Waals surface area (Å²) in [6, 6.07) is 7.33. The fourth-order valence-electron chi connectivity index (χ4n) is 3.38. The molecule has 144 valence electrons. The van der Waals surface area contributed by atoms with Crippen LogP contribution in [0.4, 0.5) is 0 Å². The molecule has 2 heterocycles. The molecule has 1 unspecified atom stereocenters. The highest BCUT2D eigenvalue weighted by molar-refractivity contribution is 9.10. The van der Waals surface area contributed by atoms with Crippen LogP contribution >= 0.6 is 15.9 Å². The molecule has 0 bridgehead atoms. The van der Waals surface area contributed by atoms with Gasteiger partial charge in [0.15, 0.2) is 23.0 Å². The summed E-state index contributed by atoms with van der Waals surface area (Å²) in [5, 5.41) is 20.3. The highest BCUT2D eigenvalue weighted by atomic mass is 79.9. The number of hydrogen-bond donors (Lipinski definition) is 2. The molecule has 0 radical (unpaired) electrons. The molecule has 0 fully saturated rings. The number of phenols is 1. The van der Waals surface area contributed by atoms with Crippen LogP contribution in [0.15, 0.2) is 34.1 Å². The van der Waals surface area contributed by atoms with Crippen molar-refractivity contribution in [3.63, 3.8) is 0 Å². The van der Waals surface area contributed by atoms with Crippen molar-refractivity contribution in [3.05, 3.63) is 45.3 Å². The van der Waals surface area contributed by atoms with Crippen LogP contribution in [0.2, 0.25) is 0 Å². The van der Waals surface area contributed by atoms with Crippen LogP contribution in [0.1, 0.15) is 17.0 Å². The predicted molar refractivity (Wildman–Crippen MR) is 101 cm³/mol. The monoisotopic (exact) mass is 446 g/mol. The molecule has 0 saturated heterocycles. The molecular formula is C19H15BrN2O6. The lowest BCUT2D eigenvalue weighted by Crippen LogP contribution is -2.21. The predicted octanol–water partition coefficient (Wildman–Crippen LogP) is 3.12. The van der Waals surface area contributed by atoms with E-state index in [-0.39, 0.29) is 35.5 Å². The number of rotatable bonds is 3. The molecule has 0 saturated carbocycles. The van der Waals surface area contributed by atoms with E-state index in [1.54, 1.807) is 18.2 Å². The highest BCUT2D eigenvalue weighted by Gasteiger charge is 2.37. The Morgan fingerprint density at radius 2 is 2.00 bits per heavy atom. The summed E-state index contributed by atoms with van der Waals surface area (Å²) < 4.78 is 27.7. The van der Waals surface area contributed by atoms with Crippen molar-refractivity contribution in [3.8, 4) is 40.6 Å². The van der Waals surface area contributed by atoms with Crippen molar-refractivity contribution in [2.45, 2.75) is 5.92 Å². The summed E-state index contributed by atoms with van der Waals surface area (Å²) >= 11 is 3.47. The number of nitrogens with two attached hydrogens (primary N) is 1. The van der Waals surface area contributed by atoms with Gasteiger partial charge in [0.2, 0.25) is 24.2 Å². The third-order valence-corrected chi connectivity index (χ3v) is 5.20. The summed E-state index contributed by atoms with van der Waals surface area (Å²) in [4.78, 5) is 0. The topological polar surface area (TPSA) is 116 Å². The molecule has 2 aromatic carbocycles. The Balaban J connectivity index is 1.98. The zero-order valence-corrected chi connectivity index (χ0v) is 16.5. The molecule has 0 amide bonds. The number of phenolic OH excluding ortho intramolecular Hbond substituents is 1. The fourth-order valence-corrected chi connectivity index (χ4v) is 4.00. The Morgan fingerprint density at radius 3 is 2.68 bits per heavy atom. The van der Waals surface area contributed by atoms with E-state index >= 15 is 0 Å². The zero-order chi connectivity index (χ0) is 20.0. The highest BCUT2D eigenvalue weighted by Crippen LogP contribution is 2.55. The molecule has 0 aliphatic carbocycles. The van der Waals surface area contributed by atoms with Gasteiger partial charge in [0.1, 0.15) is 11.6 Å². The van der Waals surface area contributed by atoms with E-state index < -0.39 is 5.92 Å². The second-order valence-electron chi connectivity index (χ2n) is 6.04. The first-order valence-electron chi connectivity index (χ1n) is 8.14. The largest absolute Gasteiger partial charge is 0.502 e. The second kappa shape index (κ2) is 6.73. The van der Waals surface area contributed by atoms with E-state index in [1.807, 2.05) is 0 Å². The van der Waals surface area contributed by atoms with Crippen molar-refractivity contribution in [1.29, 1.82) is 5.26 Å². The molecule has 2 aliphatic rings. The van der Waals surface area contributed by atoms with Gasteiger partial charge < -0.3 is 34.5 Å². The van der Waals surface area contributed by atoms with Gasteiger partial charge in [-0.3, -0.25) is 0 Å². The average Bonchev–Trinajstić information content (AvgIpc) is 3.16. The zero-order valence-electron chi connectivity index (χ0n) is 14.9. The molecule has 9 heteroatoms. The van der Waals surface area contributed by atoms with Gasteiger partial charge in [-0.15, -0.1) is 0 Å². The Labute approximate surface area is 168 Å². The Morgan fingerprint density at radius 1 is 1.21 bits per heavy atom. The van der Waals surface area contributed by atoms with E-state index in [9.17, 15) is 10.4 Å². The van der Waals surface area contributed by atoms with Gasteiger partial charge in [-0.25, -0.2) is 0 Å². The Bertz CT molecular complexity index is 1060. The Hall–Kier alpha value is -3.25. The first-order valence-corrected chi connectivity index (χ1v) is 8.93. The lowest BCUT2D eigenvalue weighted by Gasteiger charge is -2.28. The number of nitrogens with zero attached hydrogens (tertiary/aromatic N) is 1. The van der Waals surface area contributed by atoms with E-state index in [0.717, 1.165) is 0 Å². The van der Waals surface area contributed by atoms with Gasteiger partial charge >= 0.3 is 0 Å². The molecule has 2 aromatic rings. The summed E-state index contributed by atoms with van der Waals surface area (Å²) in [6.45, 7) is -0.0215. The summed E-state index contributed by atoms with van der Waals surface area (Å²) in [6.07, 6.45) is 0. The number of fused-ring (bicyclic) bond motifs is 2. The second-order valence-corrected chi connectivity index (χ2v) is 6.89. The van der Waals surface area contributed by atoms with E-state index in [0.29, 0.717) is 32.8 Å². The maximum Gasteiger partial charge on any atom is 0.231 e. The quantitative estimate of drug-likeness (QED) is 0.738. The van der Waals surface area contributed by atoms with Gasteiger partial charge in [-0.1, -0.05) is 0 Å². The number of nitriles is 1. The molecule has 4 rings (SSSR count). The number of benzene rings is 2. The van der Waals surface area contributed by atoms with Crippen LogP contribution in [0.3, 0.4) is 0 Å². The lowest BCUT2D eigenvalue weighted by molar-refractivity contribution is 0.171. The molecule has 8 nitrogen and oxygen atoms in total. The van der Waals surface area contributed by atoms with Crippen LogP contribution in [0.5, 0.6) is 34.5 Å². The normalized spacial score (nSPS) is 16.9. The van der Waals surface area contributed by atoms with Gasteiger partial charge in [0, 0.05) is 5.56 Å². The fraction of sp³-hybridized carbons (Fsp3) is 0.211. The summed E-state index contributed by atoms with van der Waals surface area (Å²) in [5.41, 5.74) is 7.40. The molecular weight excluding hydrogens is 432 g/mol. The number of halogens is 1. The maximum atomic E-state index is 10.6. The third-order valence-electron chi connectivity index (χ3n) is 4.61. The van der Waals surface area contributed by atoms with Crippen LogP contribution in [0, 0.1) is 11.3 Å². The summed E-state index contributed by atoms with van der Waals surface area (Å²) in [5.74, 6) is 0.709. The van der Waals surface area contributed by atoms with Crippen LogP contribution in [-0.2, 0) is 0 Å². The number of allylic oxidation sites excluding steroid dienone is 1. The number of methoxy groups -OCH3 is 2. The molecule has 0 spiro atoms. The van der Waals surface area contributed by atoms with Crippen LogP contribution < -0.4 is 29.4 Å². The third kappa shape index (κ3) is 2.57. The average molecular weight is 447 g/mol. The minimum absolute atomic E-state index is 0.0215. The molecule has 3 N–H and O–H groups in total. The smallest absolute Gasteiger partial charge is 0.231 e. The van der Waals surface area contributed by atoms with Crippen molar-refractivity contribution in [2.24, 2.45) is 5.73 Å². The first kappa shape index (κ1) is 18.1. The Kier molecular flexibility index (Phi) is 4.35. The van der Waals surface area contributed by atoms with E-state index in [1.165, 1.54) is 14.2 Å². The van der Waals surface area contributed by atoms with Crippen molar-refractivity contribution in [1.82, 2.24) is 0 Å². The van der Waals surface area contributed by atoms with Crippen molar-refractivity contribution >= 4 is 15.9 Å². The number of aromatic hydroxyl groups is 1. The minimum atomic E-state index is -0.620. The van der Waals surface area contributed by atoms with Crippen LogP contribution in [-0.4, -0.2) is 26.1 Å². The summed E-state index contributed by atoms with van der Waals surface area (Å²) in [7, 11) is 3.05. The molecule has 1 atom stereocenters. The minimum Gasteiger partial charge on any atom is -0.502 e. The van der Waals surface area contributed by atoms with Crippen molar-refractivity contribution < 1.29 is 28.8 Å². The number of ether oxygens (including phenoxy) is 5. The molecule has 0 aromatic heterocycles. The van der Waals surface area contributed by atoms with Gasteiger partial charge in [0.25, 0.3) is 0 Å². The van der Waals surface area contributed by atoms with E-state index in [4.69, 9.17) is 29.4 Å². The molecule has 28 heavy (non-hydrogen) atoms.